The zero-order valence-electron chi connectivity index (χ0n) is 18.0. The Kier molecular flexibility index (Phi) is 9.04. The average Bonchev–Trinajstić information content (AvgIpc) is 3.13. The molecule has 2 unspecified atom stereocenters. The Bertz CT molecular complexity index is 536. The lowest BCUT2D eigenvalue weighted by molar-refractivity contribution is 0.139. The Balaban J connectivity index is 0.000000188. The molecule has 28 heavy (non-hydrogen) atoms. The zero-order chi connectivity index (χ0) is 19.6. The van der Waals surface area contributed by atoms with E-state index >= 15 is 0 Å². The molecule has 3 saturated heterocycles. The molecule has 0 spiro atoms. The summed E-state index contributed by atoms with van der Waals surface area (Å²) in [6, 6.07) is 12.6. The van der Waals surface area contributed by atoms with Crippen molar-refractivity contribution in [2.45, 2.75) is 82.7 Å². The summed E-state index contributed by atoms with van der Waals surface area (Å²) < 4.78 is 0. The third-order valence-corrected chi connectivity index (χ3v) is 6.63. The van der Waals surface area contributed by atoms with E-state index in [0.29, 0.717) is 0 Å². The van der Waals surface area contributed by atoms with E-state index in [4.69, 9.17) is 0 Å². The second kappa shape index (κ2) is 11.7. The standard InChI is InChI=1S/C17H25N.C8H16N2/c1-2-3-4-8-13-18-14-11-17(12-15-18)16-9-6-5-7-10-16;1-7-6-8-4-2-3-5-10(8)9-7/h2,5-7,9-10,17H,1,3-4,8,11-15H2;7-9H,2-6H2,1H3. The van der Waals surface area contributed by atoms with Crippen LogP contribution in [0, 0.1) is 0 Å². The lowest BCUT2D eigenvalue weighted by Gasteiger charge is -2.32. The summed E-state index contributed by atoms with van der Waals surface area (Å²) in [6.45, 7) is 11.1. The van der Waals surface area contributed by atoms with Crippen molar-refractivity contribution >= 4 is 0 Å². The summed E-state index contributed by atoms with van der Waals surface area (Å²) in [6.07, 6.45) is 14.1. The number of likely N-dealkylation sites (tertiary alicyclic amines) is 1. The predicted molar refractivity (Wildman–Crippen MR) is 120 cm³/mol. The number of unbranched alkanes of at least 4 members (excludes halogenated alkanes) is 2. The first-order chi connectivity index (χ1) is 13.8. The monoisotopic (exact) mass is 383 g/mol. The van der Waals surface area contributed by atoms with Crippen molar-refractivity contribution in [2.24, 2.45) is 0 Å². The van der Waals surface area contributed by atoms with E-state index < -0.39 is 0 Å². The fourth-order valence-electron chi connectivity index (χ4n) is 5.00. The first kappa shape index (κ1) is 21.5. The largest absolute Gasteiger partial charge is 0.303 e. The number of nitrogens with zero attached hydrogens (tertiary/aromatic N) is 2. The van der Waals surface area contributed by atoms with Gasteiger partial charge in [0.2, 0.25) is 0 Å². The van der Waals surface area contributed by atoms with Crippen LogP contribution in [0.25, 0.3) is 0 Å². The minimum atomic E-state index is 0.725. The first-order valence-corrected chi connectivity index (χ1v) is 11.7. The van der Waals surface area contributed by atoms with E-state index in [0.717, 1.165) is 18.0 Å². The molecular formula is C25H41N3. The van der Waals surface area contributed by atoms with Gasteiger partial charge < -0.3 is 4.90 Å². The van der Waals surface area contributed by atoms with Crippen LogP contribution >= 0.6 is 0 Å². The van der Waals surface area contributed by atoms with Crippen molar-refractivity contribution in [2.75, 3.05) is 26.2 Å². The summed E-state index contributed by atoms with van der Waals surface area (Å²) in [4.78, 5) is 2.63. The Morgan fingerprint density at radius 2 is 1.82 bits per heavy atom. The highest BCUT2D eigenvalue weighted by Gasteiger charge is 2.30. The molecule has 3 heterocycles. The lowest BCUT2D eigenvalue weighted by atomic mass is 9.89. The SMILES string of the molecule is C=CCCCCN1CCC(c2ccccc2)CC1.CC1CC2CCCCN2N1. The van der Waals surface area contributed by atoms with Crippen LogP contribution in [-0.4, -0.2) is 48.2 Å². The molecule has 0 aliphatic carbocycles. The number of rotatable bonds is 6. The molecule has 3 aliphatic heterocycles. The minimum absolute atomic E-state index is 0.725. The Hall–Kier alpha value is -1.16. The molecule has 1 N–H and O–H groups in total. The first-order valence-electron chi connectivity index (χ1n) is 11.7. The molecule has 2 atom stereocenters. The zero-order valence-corrected chi connectivity index (χ0v) is 18.0. The van der Waals surface area contributed by atoms with Crippen LogP contribution in [-0.2, 0) is 0 Å². The molecule has 0 saturated carbocycles. The fourth-order valence-corrected chi connectivity index (χ4v) is 5.00. The normalized spacial score (nSPS) is 26.3. The summed E-state index contributed by atoms with van der Waals surface area (Å²) in [5.74, 6) is 0.788. The lowest BCUT2D eigenvalue weighted by Crippen LogP contribution is -2.41. The molecule has 3 aliphatic rings. The second-order valence-corrected chi connectivity index (χ2v) is 8.92. The Morgan fingerprint density at radius 3 is 2.54 bits per heavy atom. The van der Waals surface area contributed by atoms with Crippen molar-refractivity contribution < 1.29 is 0 Å². The Labute approximate surface area is 173 Å². The maximum Gasteiger partial charge on any atom is 0.0258 e. The summed E-state index contributed by atoms with van der Waals surface area (Å²) in [5, 5.41) is 2.44. The van der Waals surface area contributed by atoms with Crippen molar-refractivity contribution in [3.8, 4) is 0 Å². The number of benzene rings is 1. The van der Waals surface area contributed by atoms with Crippen LogP contribution in [0.1, 0.15) is 76.2 Å². The van der Waals surface area contributed by atoms with E-state index in [2.05, 4.69) is 59.2 Å². The van der Waals surface area contributed by atoms with Gasteiger partial charge in [0, 0.05) is 18.6 Å². The Morgan fingerprint density at radius 1 is 1.04 bits per heavy atom. The summed E-state index contributed by atoms with van der Waals surface area (Å²) >= 11 is 0. The third kappa shape index (κ3) is 6.72. The quantitative estimate of drug-likeness (QED) is 0.527. The molecule has 156 valence electrons. The van der Waals surface area contributed by atoms with E-state index in [9.17, 15) is 0 Å². The van der Waals surface area contributed by atoms with Crippen molar-refractivity contribution in [3.05, 3.63) is 48.6 Å². The van der Waals surface area contributed by atoms with Gasteiger partial charge in [-0.1, -0.05) is 42.8 Å². The van der Waals surface area contributed by atoms with E-state index in [1.54, 1.807) is 0 Å². The van der Waals surface area contributed by atoms with Gasteiger partial charge in [0.1, 0.15) is 0 Å². The number of fused-ring (bicyclic) bond motifs is 1. The van der Waals surface area contributed by atoms with Gasteiger partial charge in [-0.2, -0.15) is 0 Å². The fraction of sp³-hybridized carbons (Fsp3) is 0.680. The van der Waals surface area contributed by atoms with Crippen LogP contribution < -0.4 is 5.43 Å². The molecule has 0 radical (unpaired) electrons. The van der Waals surface area contributed by atoms with Gasteiger partial charge >= 0.3 is 0 Å². The maximum absolute atomic E-state index is 3.77. The summed E-state index contributed by atoms with van der Waals surface area (Å²) in [7, 11) is 0. The molecule has 0 bridgehead atoms. The predicted octanol–water partition coefficient (Wildman–Crippen LogP) is 5.36. The minimum Gasteiger partial charge on any atom is -0.303 e. The van der Waals surface area contributed by atoms with Gasteiger partial charge in [0.25, 0.3) is 0 Å². The molecule has 3 fully saturated rings. The molecule has 4 rings (SSSR count). The van der Waals surface area contributed by atoms with Gasteiger partial charge in [0.15, 0.2) is 0 Å². The highest BCUT2D eigenvalue weighted by atomic mass is 15.6. The molecule has 3 heteroatoms. The van der Waals surface area contributed by atoms with Crippen molar-refractivity contribution in [3.63, 3.8) is 0 Å². The average molecular weight is 384 g/mol. The number of hydrazine groups is 1. The molecule has 1 aromatic rings. The smallest absolute Gasteiger partial charge is 0.0258 e. The van der Waals surface area contributed by atoms with Crippen LogP contribution in [0.15, 0.2) is 43.0 Å². The number of nitrogens with one attached hydrogen (secondary N) is 1. The highest BCUT2D eigenvalue weighted by Crippen LogP contribution is 2.27. The highest BCUT2D eigenvalue weighted by molar-refractivity contribution is 5.19. The van der Waals surface area contributed by atoms with Gasteiger partial charge in [-0.15, -0.1) is 6.58 Å². The van der Waals surface area contributed by atoms with Crippen molar-refractivity contribution in [1.82, 2.24) is 15.3 Å². The second-order valence-electron chi connectivity index (χ2n) is 8.92. The number of hydrogen-bond donors (Lipinski definition) is 1. The van der Waals surface area contributed by atoms with Gasteiger partial charge in [-0.3, -0.25) is 5.43 Å². The van der Waals surface area contributed by atoms with E-state index in [1.165, 1.54) is 89.5 Å². The maximum atomic E-state index is 3.77. The number of hydrogen-bond acceptors (Lipinski definition) is 3. The van der Waals surface area contributed by atoms with Crippen LogP contribution in [0.5, 0.6) is 0 Å². The third-order valence-electron chi connectivity index (χ3n) is 6.63. The van der Waals surface area contributed by atoms with Crippen molar-refractivity contribution in [1.29, 1.82) is 0 Å². The molecule has 0 amide bonds. The molecule has 0 aromatic heterocycles. The van der Waals surface area contributed by atoms with Gasteiger partial charge in [-0.05, 0) is 89.4 Å². The van der Waals surface area contributed by atoms with Crippen LogP contribution in [0.2, 0.25) is 0 Å². The van der Waals surface area contributed by atoms with Gasteiger partial charge in [-0.25, -0.2) is 5.01 Å². The molecular weight excluding hydrogens is 342 g/mol. The number of piperidine rings is 2. The van der Waals surface area contributed by atoms with E-state index in [-0.39, 0.29) is 0 Å². The van der Waals surface area contributed by atoms with Crippen LogP contribution in [0.4, 0.5) is 0 Å². The van der Waals surface area contributed by atoms with Gasteiger partial charge in [0.05, 0.1) is 0 Å². The molecule has 1 aromatic carbocycles. The van der Waals surface area contributed by atoms with Crippen LogP contribution in [0.3, 0.4) is 0 Å². The summed E-state index contributed by atoms with van der Waals surface area (Å²) in [5.41, 5.74) is 5.02. The molecule has 3 nitrogen and oxygen atoms in total. The van der Waals surface area contributed by atoms with E-state index in [1.807, 2.05) is 6.08 Å². The number of allylic oxidation sites excluding steroid dienone is 1. The topological polar surface area (TPSA) is 18.5 Å².